The largest absolute Gasteiger partial charge is 0.337 e. The van der Waals surface area contributed by atoms with Crippen molar-refractivity contribution in [2.45, 2.75) is 32.7 Å². The van der Waals surface area contributed by atoms with Crippen LogP contribution in [0.3, 0.4) is 0 Å². The van der Waals surface area contributed by atoms with Gasteiger partial charge in [0.15, 0.2) is 0 Å². The van der Waals surface area contributed by atoms with Gasteiger partial charge in [-0.15, -0.1) is 0 Å². The molecule has 2 aromatic heterocycles. The highest BCUT2D eigenvalue weighted by Crippen LogP contribution is 2.20. The lowest BCUT2D eigenvalue weighted by molar-refractivity contribution is -0.116. The van der Waals surface area contributed by atoms with Crippen molar-refractivity contribution in [1.29, 1.82) is 0 Å². The van der Waals surface area contributed by atoms with Crippen LogP contribution in [0.5, 0.6) is 0 Å². The smallest absolute Gasteiger partial charge is 0.274 e. The van der Waals surface area contributed by atoms with Gasteiger partial charge in [-0.1, -0.05) is 11.6 Å². The molecule has 0 saturated carbocycles. The normalized spacial score (nSPS) is 14.6. The fourth-order valence-electron chi connectivity index (χ4n) is 2.94. The second-order valence-corrected chi connectivity index (χ2v) is 6.57. The Morgan fingerprint density at radius 1 is 1.20 bits per heavy atom. The number of carbonyl (C=O) groups excluding carboxylic acids is 2. The Kier molecular flexibility index (Phi) is 5.08. The molecule has 0 spiro atoms. The molecule has 2 amide bonds. The van der Waals surface area contributed by atoms with Crippen molar-refractivity contribution >= 4 is 29.1 Å². The summed E-state index contributed by atoms with van der Waals surface area (Å²) in [5, 5.41) is 11.5. The maximum atomic E-state index is 12.8. The Morgan fingerprint density at radius 3 is 2.56 bits per heavy atom. The van der Waals surface area contributed by atoms with E-state index in [-0.39, 0.29) is 18.4 Å². The SMILES string of the molecule is Cc1c(Cl)cnn1CC(=O)Nc1cnn(C)c1C(=O)N1CCCCC1. The van der Waals surface area contributed by atoms with Crippen molar-refractivity contribution < 1.29 is 9.59 Å². The zero-order chi connectivity index (χ0) is 18.0. The first-order valence-corrected chi connectivity index (χ1v) is 8.64. The van der Waals surface area contributed by atoms with Gasteiger partial charge in [0.1, 0.15) is 12.2 Å². The van der Waals surface area contributed by atoms with Crippen LogP contribution in [0.1, 0.15) is 35.4 Å². The Balaban J connectivity index is 1.73. The van der Waals surface area contributed by atoms with Crippen molar-refractivity contribution in [2.24, 2.45) is 7.05 Å². The number of carbonyl (C=O) groups is 2. The molecule has 0 bridgehead atoms. The number of aryl methyl sites for hydroxylation is 1. The molecule has 1 N–H and O–H groups in total. The van der Waals surface area contributed by atoms with Gasteiger partial charge in [-0.05, 0) is 26.2 Å². The number of nitrogens with one attached hydrogen (secondary N) is 1. The average molecular weight is 365 g/mol. The molecular formula is C16H21ClN6O2. The minimum absolute atomic E-state index is 0.0186. The van der Waals surface area contributed by atoms with Crippen molar-refractivity contribution in [3.8, 4) is 0 Å². The van der Waals surface area contributed by atoms with E-state index in [1.54, 1.807) is 14.0 Å². The standard InChI is InChI=1S/C16H21ClN6O2/c1-11-12(17)8-19-23(11)10-14(24)20-13-9-18-21(2)15(13)16(25)22-6-4-3-5-7-22/h8-9H,3-7,10H2,1-2H3,(H,20,24). The van der Waals surface area contributed by atoms with Crippen LogP contribution in [-0.4, -0.2) is 49.4 Å². The minimum atomic E-state index is -0.288. The average Bonchev–Trinajstić information content (AvgIpc) is 3.12. The second-order valence-electron chi connectivity index (χ2n) is 6.17. The molecule has 1 aliphatic heterocycles. The second kappa shape index (κ2) is 7.26. The van der Waals surface area contributed by atoms with Gasteiger partial charge in [-0.25, -0.2) is 0 Å². The van der Waals surface area contributed by atoms with Crippen LogP contribution in [0.25, 0.3) is 0 Å². The van der Waals surface area contributed by atoms with E-state index in [9.17, 15) is 9.59 Å². The molecule has 134 valence electrons. The van der Waals surface area contributed by atoms with Gasteiger partial charge in [0.25, 0.3) is 5.91 Å². The highest BCUT2D eigenvalue weighted by molar-refractivity contribution is 6.31. The molecule has 0 atom stereocenters. The van der Waals surface area contributed by atoms with Gasteiger partial charge in [-0.3, -0.25) is 19.0 Å². The first kappa shape index (κ1) is 17.5. The number of likely N-dealkylation sites (tertiary alicyclic amines) is 1. The summed E-state index contributed by atoms with van der Waals surface area (Å²) in [5.41, 5.74) is 1.53. The zero-order valence-electron chi connectivity index (χ0n) is 14.3. The number of amides is 2. The van der Waals surface area contributed by atoms with E-state index in [4.69, 9.17) is 11.6 Å². The van der Waals surface area contributed by atoms with Crippen LogP contribution in [-0.2, 0) is 18.4 Å². The molecule has 0 aliphatic carbocycles. The molecule has 1 saturated heterocycles. The van der Waals surface area contributed by atoms with Gasteiger partial charge >= 0.3 is 0 Å². The maximum Gasteiger partial charge on any atom is 0.274 e. The molecular weight excluding hydrogens is 344 g/mol. The number of rotatable bonds is 4. The third-order valence-corrected chi connectivity index (χ3v) is 4.77. The van der Waals surface area contributed by atoms with Gasteiger partial charge in [0.2, 0.25) is 5.91 Å². The van der Waals surface area contributed by atoms with Crippen molar-refractivity contribution in [3.05, 3.63) is 28.8 Å². The van der Waals surface area contributed by atoms with E-state index in [1.807, 2.05) is 4.90 Å². The van der Waals surface area contributed by atoms with Gasteiger partial charge in [-0.2, -0.15) is 10.2 Å². The fourth-order valence-corrected chi connectivity index (χ4v) is 3.08. The third kappa shape index (κ3) is 3.68. The molecule has 9 heteroatoms. The van der Waals surface area contributed by atoms with Crippen LogP contribution < -0.4 is 5.32 Å². The summed E-state index contributed by atoms with van der Waals surface area (Å²) < 4.78 is 3.02. The summed E-state index contributed by atoms with van der Waals surface area (Å²) in [6, 6.07) is 0. The van der Waals surface area contributed by atoms with Crippen molar-refractivity contribution in [1.82, 2.24) is 24.5 Å². The van der Waals surface area contributed by atoms with E-state index >= 15 is 0 Å². The monoisotopic (exact) mass is 364 g/mol. The van der Waals surface area contributed by atoms with Crippen LogP contribution in [0.4, 0.5) is 5.69 Å². The number of hydrogen-bond donors (Lipinski definition) is 1. The molecule has 0 unspecified atom stereocenters. The molecule has 1 fully saturated rings. The number of hydrogen-bond acceptors (Lipinski definition) is 4. The lowest BCUT2D eigenvalue weighted by Crippen LogP contribution is -2.37. The number of aromatic nitrogens is 4. The molecule has 8 nitrogen and oxygen atoms in total. The molecule has 3 rings (SSSR count). The summed E-state index contributed by atoms with van der Waals surface area (Å²) in [5.74, 6) is -0.392. The molecule has 0 aromatic carbocycles. The van der Waals surface area contributed by atoms with E-state index in [0.717, 1.165) is 32.4 Å². The predicted octanol–water partition coefficient (Wildman–Crippen LogP) is 1.84. The lowest BCUT2D eigenvalue weighted by atomic mass is 10.1. The summed E-state index contributed by atoms with van der Waals surface area (Å²) >= 11 is 5.95. The van der Waals surface area contributed by atoms with E-state index < -0.39 is 0 Å². The Bertz CT molecular complexity index is 791. The first-order chi connectivity index (χ1) is 12.0. The molecule has 25 heavy (non-hydrogen) atoms. The maximum absolute atomic E-state index is 12.8. The van der Waals surface area contributed by atoms with Crippen LogP contribution >= 0.6 is 11.6 Å². The minimum Gasteiger partial charge on any atom is -0.337 e. The van der Waals surface area contributed by atoms with Gasteiger partial charge in [0.05, 0.1) is 28.8 Å². The summed E-state index contributed by atoms with van der Waals surface area (Å²) in [6.07, 6.45) is 6.15. The van der Waals surface area contributed by atoms with E-state index in [0.29, 0.717) is 22.1 Å². The molecule has 3 heterocycles. The van der Waals surface area contributed by atoms with Crippen molar-refractivity contribution in [2.75, 3.05) is 18.4 Å². The molecule has 2 aromatic rings. The van der Waals surface area contributed by atoms with Gasteiger partial charge < -0.3 is 10.2 Å². The van der Waals surface area contributed by atoms with Crippen molar-refractivity contribution in [3.63, 3.8) is 0 Å². The summed E-state index contributed by atoms with van der Waals surface area (Å²) in [4.78, 5) is 26.9. The third-order valence-electron chi connectivity index (χ3n) is 4.40. The summed E-state index contributed by atoms with van der Waals surface area (Å²) in [6.45, 7) is 3.29. The number of halogens is 1. The van der Waals surface area contributed by atoms with E-state index in [1.165, 1.54) is 21.8 Å². The summed E-state index contributed by atoms with van der Waals surface area (Å²) in [7, 11) is 1.70. The fraction of sp³-hybridized carbons (Fsp3) is 0.500. The van der Waals surface area contributed by atoms with Gasteiger partial charge in [0, 0.05) is 20.1 Å². The Morgan fingerprint density at radius 2 is 1.92 bits per heavy atom. The number of nitrogens with zero attached hydrogens (tertiary/aromatic N) is 5. The number of piperidine rings is 1. The molecule has 1 aliphatic rings. The van der Waals surface area contributed by atoms with Crippen LogP contribution in [0, 0.1) is 6.92 Å². The lowest BCUT2D eigenvalue weighted by Gasteiger charge is -2.27. The highest BCUT2D eigenvalue weighted by atomic mass is 35.5. The van der Waals surface area contributed by atoms with Crippen LogP contribution in [0.15, 0.2) is 12.4 Å². The highest BCUT2D eigenvalue weighted by Gasteiger charge is 2.25. The Hall–Kier alpha value is -2.35. The Labute approximate surface area is 150 Å². The first-order valence-electron chi connectivity index (χ1n) is 8.26. The molecule has 0 radical (unpaired) electrons. The van der Waals surface area contributed by atoms with Crippen LogP contribution in [0.2, 0.25) is 5.02 Å². The predicted molar refractivity (Wildman–Crippen MR) is 93.6 cm³/mol. The topological polar surface area (TPSA) is 85.0 Å². The number of anilines is 1. The zero-order valence-corrected chi connectivity index (χ0v) is 15.1. The van der Waals surface area contributed by atoms with E-state index in [2.05, 4.69) is 15.5 Å². The quantitative estimate of drug-likeness (QED) is 0.897.